The number of carbonyl (C=O) groups is 1. The second-order valence-electron chi connectivity index (χ2n) is 4.91. The first-order valence-corrected chi connectivity index (χ1v) is 7.62. The monoisotopic (exact) mass is 281 g/mol. The van der Waals surface area contributed by atoms with Gasteiger partial charge in [0.15, 0.2) is 0 Å². The number of carboxylic acids is 1. The highest BCUT2D eigenvalue weighted by molar-refractivity contribution is 8.00. The Bertz CT molecular complexity index is 390. The zero-order valence-electron chi connectivity index (χ0n) is 11.8. The van der Waals surface area contributed by atoms with E-state index in [9.17, 15) is 4.79 Å². The van der Waals surface area contributed by atoms with Crippen LogP contribution in [0.4, 0.5) is 0 Å². The first-order chi connectivity index (χ1) is 9.02. The number of thioether (sulfide) groups is 1. The van der Waals surface area contributed by atoms with Gasteiger partial charge in [-0.25, -0.2) is 0 Å². The Morgan fingerprint density at radius 1 is 1.32 bits per heavy atom. The summed E-state index contributed by atoms with van der Waals surface area (Å²) in [5.41, 5.74) is 1.22. The summed E-state index contributed by atoms with van der Waals surface area (Å²) in [5, 5.41) is 12.2. The standard InChI is InChI=1S/C15H23NO2S/c1-4-5-14(15(17)18)19-13-8-6-12(7-9-13)10-16-11(2)3/h6-9,11,14,16H,4-5,10H2,1-3H3,(H,17,18). The van der Waals surface area contributed by atoms with Crippen LogP contribution in [0.2, 0.25) is 0 Å². The second kappa shape index (κ2) is 8.23. The number of rotatable bonds is 8. The number of benzene rings is 1. The molecule has 4 heteroatoms. The van der Waals surface area contributed by atoms with E-state index < -0.39 is 5.97 Å². The van der Waals surface area contributed by atoms with Crippen molar-refractivity contribution in [3.63, 3.8) is 0 Å². The summed E-state index contributed by atoms with van der Waals surface area (Å²) in [6, 6.07) is 8.60. The molecule has 0 spiro atoms. The minimum Gasteiger partial charge on any atom is -0.480 e. The maximum atomic E-state index is 11.1. The summed E-state index contributed by atoms with van der Waals surface area (Å²) in [6.07, 6.45) is 1.59. The Balaban J connectivity index is 2.57. The molecule has 3 nitrogen and oxygen atoms in total. The summed E-state index contributed by atoms with van der Waals surface area (Å²) >= 11 is 1.43. The van der Waals surface area contributed by atoms with Gasteiger partial charge in [-0.05, 0) is 24.1 Å². The van der Waals surface area contributed by atoms with E-state index in [0.717, 1.165) is 17.9 Å². The van der Waals surface area contributed by atoms with Crippen LogP contribution in [-0.2, 0) is 11.3 Å². The van der Waals surface area contributed by atoms with Gasteiger partial charge in [0.05, 0.1) is 0 Å². The van der Waals surface area contributed by atoms with Crippen molar-refractivity contribution in [3.8, 4) is 0 Å². The highest BCUT2D eigenvalue weighted by atomic mass is 32.2. The van der Waals surface area contributed by atoms with Gasteiger partial charge >= 0.3 is 5.97 Å². The van der Waals surface area contributed by atoms with Gasteiger partial charge in [0.25, 0.3) is 0 Å². The molecule has 0 saturated heterocycles. The molecule has 0 saturated carbocycles. The SMILES string of the molecule is CCCC(Sc1ccc(CNC(C)C)cc1)C(=O)O. The number of aliphatic carboxylic acids is 1. The van der Waals surface area contributed by atoms with Crippen LogP contribution >= 0.6 is 11.8 Å². The third-order valence-electron chi connectivity index (χ3n) is 2.74. The summed E-state index contributed by atoms with van der Waals surface area (Å²) in [5.74, 6) is -0.725. The normalized spacial score (nSPS) is 12.6. The van der Waals surface area contributed by atoms with Crippen LogP contribution in [0.3, 0.4) is 0 Å². The molecule has 1 rings (SSSR count). The molecule has 0 bridgehead atoms. The Morgan fingerprint density at radius 3 is 2.42 bits per heavy atom. The maximum absolute atomic E-state index is 11.1. The average molecular weight is 281 g/mol. The third kappa shape index (κ3) is 6.12. The van der Waals surface area contributed by atoms with Gasteiger partial charge < -0.3 is 10.4 Å². The Morgan fingerprint density at radius 2 is 1.95 bits per heavy atom. The molecule has 0 aromatic heterocycles. The molecule has 1 aromatic rings. The molecular formula is C15H23NO2S. The highest BCUT2D eigenvalue weighted by Crippen LogP contribution is 2.26. The van der Waals surface area contributed by atoms with Gasteiger partial charge in [-0.1, -0.05) is 39.3 Å². The number of hydrogen-bond acceptors (Lipinski definition) is 3. The molecule has 2 N–H and O–H groups in total. The molecule has 0 aliphatic carbocycles. The lowest BCUT2D eigenvalue weighted by molar-refractivity contribution is -0.136. The van der Waals surface area contributed by atoms with Crippen LogP contribution in [0.1, 0.15) is 39.2 Å². The Hall–Kier alpha value is -1.00. The van der Waals surface area contributed by atoms with E-state index in [1.807, 2.05) is 19.1 Å². The van der Waals surface area contributed by atoms with Gasteiger partial charge in [0.1, 0.15) is 5.25 Å². The minimum absolute atomic E-state index is 0.343. The Labute approximate surface area is 119 Å². The molecule has 1 unspecified atom stereocenters. The average Bonchev–Trinajstić information content (AvgIpc) is 2.37. The summed E-state index contributed by atoms with van der Waals surface area (Å²) in [4.78, 5) is 12.1. The van der Waals surface area contributed by atoms with Gasteiger partial charge in [-0.15, -0.1) is 11.8 Å². The first-order valence-electron chi connectivity index (χ1n) is 6.74. The summed E-state index contributed by atoms with van der Waals surface area (Å²) in [6.45, 7) is 7.09. The van der Waals surface area contributed by atoms with Crippen LogP contribution in [0.25, 0.3) is 0 Å². The van der Waals surface area contributed by atoms with Crippen LogP contribution in [0.5, 0.6) is 0 Å². The fraction of sp³-hybridized carbons (Fsp3) is 0.533. The van der Waals surface area contributed by atoms with E-state index in [2.05, 4.69) is 31.3 Å². The Kier molecular flexibility index (Phi) is 6.95. The van der Waals surface area contributed by atoms with Gasteiger partial charge in [0, 0.05) is 17.5 Å². The molecule has 106 valence electrons. The van der Waals surface area contributed by atoms with Crippen molar-refractivity contribution >= 4 is 17.7 Å². The molecule has 0 aliphatic heterocycles. The predicted octanol–water partition coefficient (Wildman–Crippen LogP) is 3.53. The number of carboxylic acid groups (broad SMARTS) is 1. The molecular weight excluding hydrogens is 258 g/mol. The van der Waals surface area contributed by atoms with Crippen molar-refractivity contribution in [3.05, 3.63) is 29.8 Å². The van der Waals surface area contributed by atoms with E-state index in [1.165, 1.54) is 17.3 Å². The van der Waals surface area contributed by atoms with Crippen molar-refractivity contribution in [1.82, 2.24) is 5.32 Å². The minimum atomic E-state index is -0.725. The zero-order valence-corrected chi connectivity index (χ0v) is 12.7. The fourth-order valence-corrected chi connectivity index (χ4v) is 2.74. The topological polar surface area (TPSA) is 49.3 Å². The lowest BCUT2D eigenvalue weighted by Crippen LogP contribution is -2.21. The molecule has 1 aromatic carbocycles. The fourth-order valence-electron chi connectivity index (χ4n) is 1.67. The second-order valence-corrected chi connectivity index (χ2v) is 6.19. The van der Waals surface area contributed by atoms with E-state index in [1.54, 1.807) is 0 Å². The smallest absolute Gasteiger partial charge is 0.316 e. The molecule has 0 amide bonds. The summed E-state index contributed by atoms with van der Waals surface area (Å²) < 4.78 is 0. The summed E-state index contributed by atoms with van der Waals surface area (Å²) in [7, 11) is 0. The van der Waals surface area contributed by atoms with E-state index >= 15 is 0 Å². The predicted molar refractivity (Wildman–Crippen MR) is 80.6 cm³/mol. The van der Waals surface area contributed by atoms with Gasteiger partial charge in [0.2, 0.25) is 0 Å². The van der Waals surface area contributed by atoms with Crippen molar-refractivity contribution < 1.29 is 9.90 Å². The molecule has 0 aliphatic rings. The van der Waals surface area contributed by atoms with Crippen molar-refractivity contribution in [1.29, 1.82) is 0 Å². The lowest BCUT2D eigenvalue weighted by atomic mass is 10.2. The molecule has 0 fully saturated rings. The maximum Gasteiger partial charge on any atom is 0.316 e. The zero-order chi connectivity index (χ0) is 14.3. The van der Waals surface area contributed by atoms with Crippen LogP contribution in [0.15, 0.2) is 29.2 Å². The highest BCUT2D eigenvalue weighted by Gasteiger charge is 2.17. The lowest BCUT2D eigenvalue weighted by Gasteiger charge is -2.12. The number of hydrogen-bond donors (Lipinski definition) is 2. The molecule has 1 atom stereocenters. The van der Waals surface area contributed by atoms with Crippen LogP contribution in [0, 0.1) is 0 Å². The van der Waals surface area contributed by atoms with E-state index in [-0.39, 0.29) is 5.25 Å². The van der Waals surface area contributed by atoms with E-state index in [0.29, 0.717) is 12.5 Å². The van der Waals surface area contributed by atoms with E-state index in [4.69, 9.17) is 5.11 Å². The first kappa shape index (κ1) is 16.1. The number of nitrogens with one attached hydrogen (secondary N) is 1. The molecule has 19 heavy (non-hydrogen) atoms. The van der Waals surface area contributed by atoms with Crippen LogP contribution < -0.4 is 5.32 Å². The molecule has 0 heterocycles. The molecule has 0 radical (unpaired) electrons. The van der Waals surface area contributed by atoms with Crippen molar-refractivity contribution in [2.24, 2.45) is 0 Å². The van der Waals surface area contributed by atoms with Gasteiger partial charge in [-0.2, -0.15) is 0 Å². The van der Waals surface area contributed by atoms with Crippen LogP contribution in [-0.4, -0.2) is 22.4 Å². The van der Waals surface area contributed by atoms with Gasteiger partial charge in [-0.3, -0.25) is 4.79 Å². The van der Waals surface area contributed by atoms with Crippen molar-refractivity contribution in [2.45, 2.75) is 56.3 Å². The quantitative estimate of drug-likeness (QED) is 0.716. The largest absolute Gasteiger partial charge is 0.480 e. The van der Waals surface area contributed by atoms with Crippen molar-refractivity contribution in [2.75, 3.05) is 0 Å². The third-order valence-corrected chi connectivity index (χ3v) is 4.01.